The number of fused-ring (bicyclic) bond motifs is 2. The van der Waals surface area contributed by atoms with Crippen LogP contribution in [-0.4, -0.2) is 11.6 Å². The monoisotopic (exact) mass is 573 g/mol. The molecule has 1 aliphatic carbocycles. The molecule has 4 aromatic rings. The molecule has 0 saturated heterocycles. The van der Waals surface area contributed by atoms with Crippen LogP contribution in [0.1, 0.15) is 31.8 Å². The highest BCUT2D eigenvalue weighted by molar-refractivity contribution is 6.42. The number of hydrogen-bond donors (Lipinski definition) is 3. The van der Waals surface area contributed by atoms with Crippen molar-refractivity contribution in [2.24, 2.45) is 0 Å². The Morgan fingerprint density at radius 1 is 0.541 bits per heavy atom. The molecule has 37 heavy (non-hydrogen) atoms. The molecule has 7 nitrogen and oxygen atoms in total. The highest BCUT2D eigenvalue weighted by Crippen LogP contribution is 2.44. The predicted molar refractivity (Wildman–Crippen MR) is 146 cm³/mol. The van der Waals surface area contributed by atoms with Crippen LogP contribution in [0.3, 0.4) is 0 Å². The van der Waals surface area contributed by atoms with Crippen LogP contribution >= 0.6 is 46.4 Å². The van der Waals surface area contributed by atoms with Crippen molar-refractivity contribution in [1.29, 1.82) is 0 Å². The Morgan fingerprint density at radius 2 is 1.08 bits per heavy atom. The normalized spacial score (nSPS) is 12.2. The van der Waals surface area contributed by atoms with E-state index in [4.69, 9.17) is 73.1 Å². The average Bonchev–Trinajstić information content (AvgIpc) is 2.85. The van der Waals surface area contributed by atoms with E-state index in [1.54, 1.807) is 24.3 Å². The van der Waals surface area contributed by atoms with Gasteiger partial charge in [0.25, 0.3) is 0 Å². The van der Waals surface area contributed by atoms with E-state index in [1.807, 2.05) is 0 Å². The number of halogens is 4. The Morgan fingerprint density at radius 3 is 1.65 bits per heavy atom. The lowest BCUT2D eigenvalue weighted by atomic mass is 9.81. The maximum absolute atomic E-state index is 13.6. The molecule has 186 valence electrons. The number of ketones is 2. The minimum absolute atomic E-state index is 0.0153. The molecule has 0 bridgehead atoms. The van der Waals surface area contributed by atoms with Crippen molar-refractivity contribution in [1.82, 2.24) is 0 Å². The van der Waals surface area contributed by atoms with E-state index < -0.39 is 11.6 Å². The van der Waals surface area contributed by atoms with E-state index in [1.165, 1.54) is 30.3 Å². The summed E-state index contributed by atoms with van der Waals surface area (Å²) in [4.78, 5) is 27.1. The highest BCUT2D eigenvalue weighted by atomic mass is 35.5. The summed E-state index contributed by atoms with van der Waals surface area (Å²) in [5.74, 6) is -0.250. The summed E-state index contributed by atoms with van der Waals surface area (Å²) in [6, 6.07) is 13.5. The van der Waals surface area contributed by atoms with Crippen molar-refractivity contribution in [3.05, 3.63) is 96.9 Å². The van der Waals surface area contributed by atoms with E-state index in [0.29, 0.717) is 21.5 Å². The van der Waals surface area contributed by atoms with E-state index in [0.717, 1.165) is 0 Å². The zero-order valence-electron chi connectivity index (χ0n) is 18.6. The summed E-state index contributed by atoms with van der Waals surface area (Å²) in [6.45, 7) is 0. The van der Waals surface area contributed by atoms with Crippen molar-refractivity contribution in [3.8, 4) is 23.0 Å². The standard InChI is InChI=1S/C26H15Cl4N3O4/c27-13-4-1-10(7-15(13)29)36-18-6-3-12-20(23(18)32)26(35)21-17(31)9-19(24(33)22(21)25(12)34)37-11-2-5-14(28)16(30)8-11/h1-9H,31-33H2. The van der Waals surface area contributed by atoms with Crippen LogP contribution in [0, 0.1) is 0 Å². The van der Waals surface area contributed by atoms with E-state index in [2.05, 4.69) is 0 Å². The average molecular weight is 575 g/mol. The molecule has 11 heteroatoms. The fourth-order valence-electron chi connectivity index (χ4n) is 3.98. The lowest BCUT2D eigenvalue weighted by Crippen LogP contribution is -2.25. The van der Waals surface area contributed by atoms with Crippen molar-refractivity contribution in [3.63, 3.8) is 0 Å². The minimum atomic E-state index is -0.577. The first-order valence-corrected chi connectivity index (χ1v) is 12.1. The van der Waals surface area contributed by atoms with E-state index >= 15 is 0 Å². The molecule has 0 fully saturated rings. The van der Waals surface area contributed by atoms with Crippen LogP contribution in [0.2, 0.25) is 20.1 Å². The largest absolute Gasteiger partial charge is 0.455 e. The zero-order valence-corrected chi connectivity index (χ0v) is 21.6. The number of ether oxygens (including phenoxy) is 2. The molecule has 0 heterocycles. The van der Waals surface area contributed by atoms with Gasteiger partial charge in [0.05, 0.1) is 48.2 Å². The van der Waals surface area contributed by atoms with Gasteiger partial charge in [-0.25, -0.2) is 0 Å². The smallest absolute Gasteiger partial charge is 0.198 e. The van der Waals surface area contributed by atoms with Crippen LogP contribution < -0.4 is 26.7 Å². The van der Waals surface area contributed by atoms with Crippen molar-refractivity contribution in [2.45, 2.75) is 0 Å². The topological polar surface area (TPSA) is 131 Å². The molecule has 6 N–H and O–H groups in total. The van der Waals surface area contributed by atoms with Gasteiger partial charge in [0.15, 0.2) is 23.1 Å². The second-order valence-electron chi connectivity index (χ2n) is 8.04. The number of anilines is 3. The van der Waals surface area contributed by atoms with E-state index in [9.17, 15) is 9.59 Å². The Balaban J connectivity index is 1.56. The second-order valence-corrected chi connectivity index (χ2v) is 9.67. The first-order chi connectivity index (χ1) is 17.6. The quantitative estimate of drug-likeness (QED) is 0.190. The number of rotatable bonds is 4. The van der Waals surface area contributed by atoms with Crippen LogP contribution in [0.4, 0.5) is 17.1 Å². The van der Waals surface area contributed by atoms with Crippen LogP contribution in [0.25, 0.3) is 0 Å². The van der Waals surface area contributed by atoms with Crippen LogP contribution in [0.15, 0.2) is 54.6 Å². The van der Waals surface area contributed by atoms with Gasteiger partial charge in [-0.05, 0) is 36.4 Å². The molecule has 5 rings (SSSR count). The number of hydrogen-bond acceptors (Lipinski definition) is 7. The third-order valence-electron chi connectivity index (χ3n) is 5.73. The molecular formula is C26H15Cl4N3O4. The molecule has 0 amide bonds. The summed E-state index contributed by atoms with van der Waals surface area (Å²) in [5.41, 5.74) is 18.6. The van der Waals surface area contributed by atoms with Gasteiger partial charge in [-0.15, -0.1) is 0 Å². The molecule has 4 aromatic carbocycles. The number of nitrogen functional groups attached to an aromatic ring is 3. The third-order valence-corrected chi connectivity index (χ3v) is 7.21. The molecule has 0 aromatic heterocycles. The van der Waals surface area contributed by atoms with Gasteiger partial charge in [0, 0.05) is 29.4 Å². The lowest BCUT2D eigenvalue weighted by Gasteiger charge is -2.24. The lowest BCUT2D eigenvalue weighted by molar-refractivity contribution is 0.0980. The molecule has 0 aliphatic heterocycles. The summed E-state index contributed by atoms with van der Waals surface area (Å²) in [6.07, 6.45) is 0. The minimum Gasteiger partial charge on any atom is -0.455 e. The Kier molecular flexibility index (Phi) is 6.33. The van der Waals surface area contributed by atoms with Gasteiger partial charge >= 0.3 is 0 Å². The maximum Gasteiger partial charge on any atom is 0.198 e. The fourth-order valence-corrected chi connectivity index (χ4v) is 4.55. The number of carbonyl (C=O) groups excluding carboxylic acids is 2. The molecule has 0 saturated carbocycles. The highest BCUT2D eigenvalue weighted by Gasteiger charge is 2.37. The summed E-state index contributed by atoms with van der Waals surface area (Å²) in [5, 5.41) is 1.22. The van der Waals surface area contributed by atoms with Gasteiger partial charge in [0.1, 0.15) is 11.5 Å². The summed E-state index contributed by atoms with van der Waals surface area (Å²) in [7, 11) is 0. The molecule has 0 atom stereocenters. The van der Waals surface area contributed by atoms with Crippen molar-refractivity contribution in [2.75, 3.05) is 17.2 Å². The predicted octanol–water partition coefficient (Wildman–Crippen LogP) is 7.41. The first-order valence-electron chi connectivity index (χ1n) is 10.6. The van der Waals surface area contributed by atoms with Gasteiger partial charge < -0.3 is 26.7 Å². The molecule has 0 spiro atoms. The van der Waals surface area contributed by atoms with Gasteiger partial charge in [-0.2, -0.15) is 0 Å². The molecule has 0 unspecified atom stereocenters. The van der Waals surface area contributed by atoms with Crippen LogP contribution in [0.5, 0.6) is 23.0 Å². The summed E-state index contributed by atoms with van der Waals surface area (Å²) >= 11 is 24.0. The van der Waals surface area contributed by atoms with Crippen molar-refractivity contribution >= 4 is 75.0 Å². The van der Waals surface area contributed by atoms with Gasteiger partial charge in [-0.1, -0.05) is 46.4 Å². The summed E-state index contributed by atoms with van der Waals surface area (Å²) < 4.78 is 11.6. The zero-order chi connectivity index (χ0) is 26.6. The SMILES string of the molecule is Nc1cc(Oc2ccc(Cl)c(Cl)c2)c(N)c2c1C(=O)c1c(ccc(Oc3ccc(Cl)c(Cl)c3)c1N)C2=O. The first kappa shape index (κ1) is 25.0. The number of carbonyl (C=O) groups is 2. The van der Waals surface area contributed by atoms with Gasteiger partial charge in [0.2, 0.25) is 0 Å². The maximum atomic E-state index is 13.6. The third kappa shape index (κ3) is 4.30. The van der Waals surface area contributed by atoms with E-state index in [-0.39, 0.29) is 60.9 Å². The fraction of sp³-hybridized carbons (Fsp3) is 0. The van der Waals surface area contributed by atoms with Gasteiger partial charge in [-0.3, -0.25) is 9.59 Å². The molecule has 1 aliphatic rings. The van der Waals surface area contributed by atoms with Crippen LogP contribution in [-0.2, 0) is 0 Å². The Bertz CT molecular complexity index is 1660. The Hall–Kier alpha value is -3.62. The number of nitrogens with two attached hydrogens (primary N) is 3. The molecular weight excluding hydrogens is 560 g/mol. The van der Waals surface area contributed by atoms with Crippen molar-refractivity contribution < 1.29 is 19.1 Å². The molecule has 0 radical (unpaired) electrons. The Labute approximate surface area is 230 Å². The number of benzene rings is 4. The second kappa shape index (κ2) is 9.36.